The van der Waals surface area contributed by atoms with Gasteiger partial charge in [-0.15, -0.1) is 0 Å². The van der Waals surface area contributed by atoms with E-state index in [0.717, 1.165) is 26.6 Å². The van der Waals surface area contributed by atoms with E-state index in [0.29, 0.717) is 11.4 Å². The molecule has 0 atom stereocenters. The topological polar surface area (TPSA) is 84.9 Å². The summed E-state index contributed by atoms with van der Waals surface area (Å²) in [5, 5.41) is 2.81. The van der Waals surface area contributed by atoms with Gasteiger partial charge in [0.15, 0.2) is 0 Å². The van der Waals surface area contributed by atoms with Crippen LogP contribution in [0, 0.1) is 20.8 Å². The maximum absolute atomic E-state index is 13.8. The number of hydrogen-bond donors (Lipinski definition) is 1. The molecule has 3 rings (SSSR count). The van der Waals surface area contributed by atoms with Gasteiger partial charge in [0, 0.05) is 12.1 Å². The fraction of sp³-hybridized carbons (Fsp3) is 0.269. The highest BCUT2D eigenvalue weighted by atomic mass is 32.2. The molecule has 7 nitrogen and oxygen atoms in total. The number of rotatable bonds is 9. The van der Waals surface area contributed by atoms with Crippen molar-refractivity contribution in [2.45, 2.75) is 32.2 Å². The van der Waals surface area contributed by atoms with E-state index >= 15 is 0 Å². The summed E-state index contributed by atoms with van der Waals surface area (Å²) in [6.45, 7) is 5.47. The second-order valence-electron chi connectivity index (χ2n) is 8.02. The molecule has 0 spiro atoms. The van der Waals surface area contributed by atoms with Gasteiger partial charge >= 0.3 is 0 Å². The van der Waals surface area contributed by atoms with Crippen molar-refractivity contribution in [1.82, 2.24) is 5.32 Å². The Balaban J connectivity index is 1.97. The lowest BCUT2D eigenvalue weighted by atomic mass is 10.1. The van der Waals surface area contributed by atoms with Gasteiger partial charge in [0.2, 0.25) is 5.91 Å². The summed E-state index contributed by atoms with van der Waals surface area (Å²) in [6.07, 6.45) is 0. The molecule has 0 fully saturated rings. The van der Waals surface area contributed by atoms with Crippen LogP contribution in [0.3, 0.4) is 0 Å². The largest absolute Gasteiger partial charge is 0.496 e. The zero-order valence-corrected chi connectivity index (χ0v) is 20.9. The molecule has 1 N–H and O–H groups in total. The summed E-state index contributed by atoms with van der Waals surface area (Å²) in [7, 11) is -1.14. The number of sulfonamides is 1. The SMILES string of the molecule is COc1ccccc1CNC(=O)CN(c1ccc(C)c(C)c1)S(=O)(=O)c1cc(C)ccc1OC. The van der Waals surface area contributed by atoms with Crippen molar-refractivity contribution in [3.05, 3.63) is 82.9 Å². The Morgan fingerprint density at radius 2 is 1.59 bits per heavy atom. The summed E-state index contributed by atoms with van der Waals surface area (Å²) in [6, 6.07) is 17.6. The van der Waals surface area contributed by atoms with Crippen LogP contribution in [-0.4, -0.2) is 35.1 Å². The van der Waals surface area contributed by atoms with Crippen molar-refractivity contribution in [3.63, 3.8) is 0 Å². The number of hydrogen-bond acceptors (Lipinski definition) is 5. The van der Waals surface area contributed by atoms with Crippen LogP contribution >= 0.6 is 0 Å². The number of aryl methyl sites for hydroxylation is 3. The average Bonchev–Trinajstić information content (AvgIpc) is 2.83. The molecule has 3 aromatic rings. The molecule has 1 amide bonds. The van der Waals surface area contributed by atoms with Gasteiger partial charge in [-0.25, -0.2) is 8.42 Å². The molecule has 0 saturated carbocycles. The molecule has 0 aromatic heterocycles. The van der Waals surface area contributed by atoms with E-state index in [-0.39, 0.29) is 17.2 Å². The first-order valence-electron chi connectivity index (χ1n) is 10.8. The third kappa shape index (κ3) is 5.51. The molecule has 180 valence electrons. The van der Waals surface area contributed by atoms with Gasteiger partial charge in [-0.05, 0) is 67.8 Å². The van der Waals surface area contributed by atoms with E-state index in [9.17, 15) is 13.2 Å². The van der Waals surface area contributed by atoms with Crippen molar-refractivity contribution in [3.8, 4) is 11.5 Å². The lowest BCUT2D eigenvalue weighted by Crippen LogP contribution is -2.41. The Morgan fingerprint density at radius 3 is 2.26 bits per heavy atom. The zero-order valence-electron chi connectivity index (χ0n) is 20.1. The zero-order chi connectivity index (χ0) is 24.9. The summed E-state index contributed by atoms with van der Waals surface area (Å²) < 4.78 is 39.4. The highest BCUT2D eigenvalue weighted by molar-refractivity contribution is 7.93. The molecule has 0 saturated heterocycles. The van der Waals surface area contributed by atoms with Crippen LogP contribution in [0.25, 0.3) is 0 Å². The minimum atomic E-state index is -4.12. The molecule has 0 radical (unpaired) electrons. The summed E-state index contributed by atoms with van der Waals surface area (Å²) in [5.41, 5.74) is 3.90. The first-order valence-corrected chi connectivity index (χ1v) is 12.2. The van der Waals surface area contributed by atoms with Crippen molar-refractivity contribution >= 4 is 21.6 Å². The lowest BCUT2D eigenvalue weighted by molar-refractivity contribution is -0.119. The Morgan fingerprint density at radius 1 is 0.882 bits per heavy atom. The first kappa shape index (κ1) is 25.1. The molecular formula is C26H30N2O5S. The molecule has 0 aliphatic heterocycles. The maximum atomic E-state index is 13.8. The van der Waals surface area contributed by atoms with Crippen LogP contribution < -0.4 is 19.1 Å². The molecule has 34 heavy (non-hydrogen) atoms. The second kappa shape index (κ2) is 10.6. The molecule has 0 heterocycles. The van der Waals surface area contributed by atoms with Gasteiger partial charge in [-0.3, -0.25) is 9.10 Å². The van der Waals surface area contributed by atoms with E-state index in [1.54, 1.807) is 50.4 Å². The lowest BCUT2D eigenvalue weighted by Gasteiger charge is -2.26. The summed E-state index contributed by atoms with van der Waals surface area (Å²) in [4.78, 5) is 13.0. The third-order valence-electron chi connectivity index (χ3n) is 5.62. The van der Waals surface area contributed by atoms with Gasteiger partial charge in [-0.2, -0.15) is 0 Å². The highest BCUT2D eigenvalue weighted by Gasteiger charge is 2.30. The van der Waals surface area contributed by atoms with Gasteiger partial charge in [0.1, 0.15) is 22.9 Å². The van der Waals surface area contributed by atoms with Crippen molar-refractivity contribution in [2.75, 3.05) is 25.1 Å². The molecule has 0 bridgehead atoms. The van der Waals surface area contributed by atoms with Gasteiger partial charge in [0.05, 0.1) is 19.9 Å². The number of nitrogens with one attached hydrogen (secondary N) is 1. The average molecular weight is 483 g/mol. The minimum Gasteiger partial charge on any atom is -0.496 e. The van der Waals surface area contributed by atoms with E-state index < -0.39 is 22.5 Å². The number of anilines is 1. The van der Waals surface area contributed by atoms with Crippen LogP contribution in [0.1, 0.15) is 22.3 Å². The number of para-hydroxylation sites is 1. The molecule has 3 aromatic carbocycles. The normalized spacial score (nSPS) is 11.1. The minimum absolute atomic E-state index is 0.00533. The monoisotopic (exact) mass is 482 g/mol. The predicted octanol–water partition coefficient (Wildman–Crippen LogP) is 4.14. The van der Waals surface area contributed by atoms with Crippen LogP contribution in [-0.2, 0) is 21.4 Å². The first-order chi connectivity index (χ1) is 16.2. The Kier molecular flexibility index (Phi) is 7.83. The fourth-order valence-electron chi connectivity index (χ4n) is 3.53. The maximum Gasteiger partial charge on any atom is 0.268 e. The highest BCUT2D eigenvalue weighted by Crippen LogP contribution is 2.31. The Labute approximate surface area is 201 Å². The number of benzene rings is 3. The van der Waals surface area contributed by atoms with Crippen LogP contribution in [0.4, 0.5) is 5.69 Å². The summed E-state index contributed by atoms with van der Waals surface area (Å²) in [5.74, 6) is 0.416. The van der Waals surface area contributed by atoms with Crippen molar-refractivity contribution < 1.29 is 22.7 Å². The molecular weight excluding hydrogens is 452 g/mol. The number of nitrogens with zero attached hydrogens (tertiary/aromatic N) is 1. The number of carbonyl (C=O) groups is 1. The number of methoxy groups -OCH3 is 2. The van der Waals surface area contributed by atoms with Gasteiger partial charge < -0.3 is 14.8 Å². The number of amides is 1. The van der Waals surface area contributed by atoms with E-state index in [2.05, 4.69) is 5.32 Å². The standard InChI is InChI=1S/C26H30N2O5S/c1-18-10-13-24(33-5)25(14-18)34(30,31)28(22-12-11-19(2)20(3)15-22)17-26(29)27-16-21-8-6-7-9-23(21)32-4/h6-15H,16-17H2,1-5H3,(H,27,29). The molecule has 0 unspecified atom stereocenters. The molecule has 0 aliphatic carbocycles. The van der Waals surface area contributed by atoms with Gasteiger partial charge in [0.25, 0.3) is 10.0 Å². The smallest absolute Gasteiger partial charge is 0.268 e. The van der Waals surface area contributed by atoms with Crippen molar-refractivity contribution in [2.24, 2.45) is 0 Å². The predicted molar refractivity (Wildman–Crippen MR) is 133 cm³/mol. The van der Waals surface area contributed by atoms with Crippen molar-refractivity contribution in [1.29, 1.82) is 0 Å². The van der Waals surface area contributed by atoms with Gasteiger partial charge in [-0.1, -0.05) is 30.3 Å². The second-order valence-corrected chi connectivity index (χ2v) is 9.85. The molecule has 8 heteroatoms. The Bertz CT molecular complexity index is 1290. The fourth-order valence-corrected chi connectivity index (χ4v) is 5.19. The number of ether oxygens (including phenoxy) is 2. The molecule has 0 aliphatic rings. The van der Waals surface area contributed by atoms with Crippen LogP contribution in [0.15, 0.2) is 65.6 Å². The van der Waals surface area contributed by atoms with Crippen LogP contribution in [0.5, 0.6) is 11.5 Å². The Hall–Kier alpha value is -3.52. The van der Waals surface area contributed by atoms with E-state index in [1.165, 1.54) is 7.11 Å². The third-order valence-corrected chi connectivity index (χ3v) is 7.42. The van der Waals surface area contributed by atoms with E-state index in [4.69, 9.17) is 9.47 Å². The summed E-state index contributed by atoms with van der Waals surface area (Å²) >= 11 is 0. The number of carbonyl (C=O) groups excluding carboxylic acids is 1. The quantitative estimate of drug-likeness (QED) is 0.496. The van der Waals surface area contributed by atoms with E-state index in [1.807, 2.05) is 38.1 Å². The van der Waals surface area contributed by atoms with Crippen LogP contribution in [0.2, 0.25) is 0 Å².